The Morgan fingerprint density at radius 1 is 1.14 bits per heavy atom. The fourth-order valence-corrected chi connectivity index (χ4v) is 3.07. The van der Waals surface area contributed by atoms with Crippen LogP contribution in [0.3, 0.4) is 0 Å². The molecule has 2 aliphatic rings. The van der Waals surface area contributed by atoms with E-state index in [1.165, 1.54) is 19.3 Å². The molecule has 114 valence electrons. The second-order valence-corrected chi connectivity index (χ2v) is 6.27. The molecular formula is C17H24N2O2. The van der Waals surface area contributed by atoms with Crippen LogP contribution >= 0.6 is 0 Å². The van der Waals surface area contributed by atoms with E-state index in [1.807, 2.05) is 23.1 Å². The van der Waals surface area contributed by atoms with E-state index in [2.05, 4.69) is 5.32 Å². The summed E-state index contributed by atoms with van der Waals surface area (Å²) in [4.78, 5) is 14.5. The lowest BCUT2D eigenvalue weighted by atomic mass is 9.94. The number of phenolic OH excluding ortho intramolecular Hbond substituents is 1. The second kappa shape index (κ2) is 6.37. The summed E-state index contributed by atoms with van der Waals surface area (Å²) in [7, 11) is 0. The maximum Gasteiger partial charge on any atom is 0.318 e. The third-order valence-electron chi connectivity index (χ3n) is 4.51. The zero-order chi connectivity index (χ0) is 14.7. The highest BCUT2D eigenvalue weighted by Gasteiger charge is 2.30. The molecule has 2 fully saturated rings. The van der Waals surface area contributed by atoms with Crippen molar-refractivity contribution >= 4 is 6.03 Å². The van der Waals surface area contributed by atoms with Gasteiger partial charge in [-0.05, 0) is 31.7 Å². The smallest absolute Gasteiger partial charge is 0.318 e. The number of benzene rings is 1. The number of aromatic hydroxyl groups is 1. The van der Waals surface area contributed by atoms with E-state index in [9.17, 15) is 9.90 Å². The van der Waals surface area contributed by atoms with Crippen molar-refractivity contribution in [2.75, 3.05) is 0 Å². The minimum absolute atomic E-state index is 0.0349. The maximum atomic E-state index is 12.5. The minimum atomic E-state index is 0.0349. The standard InChI is InChI=1S/C17H24N2O2/c20-16-9-5-4-6-13(16)12-19(15-7-2-1-3-8-15)17(21)18-14-10-11-14/h4-6,9,14-15,20H,1-3,7-8,10-12H2,(H,18,21). The van der Waals surface area contributed by atoms with Gasteiger partial charge in [0, 0.05) is 17.6 Å². The quantitative estimate of drug-likeness (QED) is 0.892. The molecule has 0 radical (unpaired) electrons. The van der Waals surface area contributed by atoms with Crippen molar-refractivity contribution in [2.45, 2.75) is 63.6 Å². The van der Waals surface area contributed by atoms with Crippen molar-refractivity contribution in [3.8, 4) is 5.75 Å². The second-order valence-electron chi connectivity index (χ2n) is 6.27. The zero-order valence-electron chi connectivity index (χ0n) is 12.4. The van der Waals surface area contributed by atoms with Crippen LogP contribution in [0.15, 0.2) is 24.3 Å². The lowest BCUT2D eigenvalue weighted by Crippen LogP contribution is -2.47. The van der Waals surface area contributed by atoms with Crippen molar-refractivity contribution < 1.29 is 9.90 Å². The van der Waals surface area contributed by atoms with Crippen LogP contribution < -0.4 is 5.32 Å². The van der Waals surface area contributed by atoms with Crippen LogP contribution in [0.25, 0.3) is 0 Å². The van der Waals surface area contributed by atoms with E-state index in [1.54, 1.807) is 6.07 Å². The number of phenols is 1. The first-order chi connectivity index (χ1) is 10.2. The Kier molecular flexibility index (Phi) is 4.32. The van der Waals surface area contributed by atoms with Gasteiger partial charge in [0.1, 0.15) is 5.75 Å². The van der Waals surface area contributed by atoms with Gasteiger partial charge in [-0.1, -0.05) is 37.5 Å². The Bertz CT molecular complexity index is 493. The number of rotatable bonds is 4. The number of nitrogens with one attached hydrogen (secondary N) is 1. The molecule has 0 unspecified atom stereocenters. The van der Waals surface area contributed by atoms with Crippen LogP contribution in [0.4, 0.5) is 4.79 Å². The highest BCUT2D eigenvalue weighted by atomic mass is 16.3. The molecule has 0 bridgehead atoms. The average molecular weight is 288 g/mol. The van der Waals surface area contributed by atoms with Crippen molar-refractivity contribution in [1.82, 2.24) is 10.2 Å². The molecule has 4 nitrogen and oxygen atoms in total. The molecule has 2 saturated carbocycles. The Morgan fingerprint density at radius 3 is 2.52 bits per heavy atom. The topological polar surface area (TPSA) is 52.6 Å². The number of para-hydroxylation sites is 1. The number of carbonyl (C=O) groups is 1. The summed E-state index contributed by atoms with van der Waals surface area (Å²) in [6.07, 6.45) is 8.00. The van der Waals surface area contributed by atoms with Gasteiger partial charge in [0.05, 0.1) is 6.54 Å². The molecule has 4 heteroatoms. The Hall–Kier alpha value is -1.71. The predicted molar refractivity (Wildman–Crippen MR) is 82.1 cm³/mol. The van der Waals surface area contributed by atoms with Crippen molar-refractivity contribution in [3.05, 3.63) is 29.8 Å². The summed E-state index contributed by atoms with van der Waals surface area (Å²) < 4.78 is 0. The molecule has 0 spiro atoms. The van der Waals surface area contributed by atoms with Gasteiger partial charge in [-0.2, -0.15) is 0 Å². The molecule has 2 amide bonds. The summed E-state index contributed by atoms with van der Waals surface area (Å²) in [6, 6.07) is 8.02. The monoisotopic (exact) mass is 288 g/mol. The molecule has 0 saturated heterocycles. The van der Waals surface area contributed by atoms with Crippen LogP contribution in [0, 0.1) is 0 Å². The molecule has 2 aliphatic carbocycles. The highest BCUT2D eigenvalue weighted by molar-refractivity contribution is 5.75. The molecule has 1 aromatic carbocycles. The maximum absolute atomic E-state index is 12.5. The number of hydrogen-bond donors (Lipinski definition) is 2. The largest absolute Gasteiger partial charge is 0.508 e. The van der Waals surface area contributed by atoms with Crippen LogP contribution in [0.5, 0.6) is 5.75 Å². The molecule has 0 aromatic heterocycles. The number of nitrogens with zero attached hydrogens (tertiary/aromatic N) is 1. The normalized spacial score (nSPS) is 19.2. The van der Waals surface area contributed by atoms with Crippen molar-refractivity contribution in [1.29, 1.82) is 0 Å². The fraction of sp³-hybridized carbons (Fsp3) is 0.588. The SMILES string of the molecule is O=C(NC1CC1)N(Cc1ccccc1O)C1CCCCC1. The summed E-state index contributed by atoms with van der Waals surface area (Å²) in [5, 5.41) is 13.1. The van der Waals surface area contributed by atoms with E-state index in [-0.39, 0.29) is 11.8 Å². The molecule has 21 heavy (non-hydrogen) atoms. The summed E-state index contributed by atoms with van der Waals surface area (Å²) in [6.45, 7) is 0.496. The van der Waals surface area contributed by atoms with E-state index < -0.39 is 0 Å². The van der Waals surface area contributed by atoms with Crippen LogP contribution in [-0.2, 0) is 6.54 Å². The van der Waals surface area contributed by atoms with E-state index in [4.69, 9.17) is 0 Å². The zero-order valence-corrected chi connectivity index (χ0v) is 12.4. The molecule has 0 aliphatic heterocycles. The Balaban J connectivity index is 1.73. The number of amides is 2. The van der Waals surface area contributed by atoms with Gasteiger partial charge in [0.25, 0.3) is 0 Å². The third kappa shape index (κ3) is 3.69. The summed E-state index contributed by atoms with van der Waals surface area (Å²) in [5.41, 5.74) is 0.828. The lowest BCUT2D eigenvalue weighted by Gasteiger charge is -2.34. The Morgan fingerprint density at radius 2 is 1.86 bits per heavy atom. The molecule has 2 N–H and O–H groups in total. The van der Waals surface area contributed by atoms with Gasteiger partial charge in [-0.15, -0.1) is 0 Å². The third-order valence-corrected chi connectivity index (χ3v) is 4.51. The first kappa shape index (κ1) is 14.2. The molecule has 1 aromatic rings. The van der Waals surface area contributed by atoms with Crippen molar-refractivity contribution in [2.24, 2.45) is 0 Å². The van der Waals surface area contributed by atoms with E-state index in [0.717, 1.165) is 31.2 Å². The van der Waals surface area contributed by atoms with Gasteiger partial charge in [0.15, 0.2) is 0 Å². The molecule has 0 heterocycles. The van der Waals surface area contributed by atoms with Crippen LogP contribution in [0.1, 0.15) is 50.5 Å². The molecule has 0 atom stereocenters. The number of hydrogen-bond acceptors (Lipinski definition) is 2. The number of carbonyl (C=O) groups excluding carboxylic acids is 1. The van der Waals surface area contributed by atoms with Gasteiger partial charge in [-0.3, -0.25) is 0 Å². The van der Waals surface area contributed by atoms with Crippen molar-refractivity contribution in [3.63, 3.8) is 0 Å². The number of urea groups is 1. The molecule has 3 rings (SSSR count). The Labute approximate surface area is 126 Å². The fourth-order valence-electron chi connectivity index (χ4n) is 3.07. The van der Waals surface area contributed by atoms with Gasteiger partial charge in [0.2, 0.25) is 0 Å². The molecular weight excluding hydrogens is 264 g/mol. The van der Waals surface area contributed by atoms with Crippen LogP contribution in [-0.4, -0.2) is 28.1 Å². The van der Waals surface area contributed by atoms with Gasteiger partial charge < -0.3 is 15.3 Å². The minimum Gasteiger partial charge on any atom is -0.508 e. The lowest BCUT2D eigenvalue weighted by molar-refractivity contribution is 0.150. The first-order valence-electron chi connectivity index (χ1n) is 8.08. The highest BCUT2D eigenvalue weighted by Crippen LogP contribution is 2.27. The van der Waals surface area contributed by atoms with Crippen LogP contribution in [0.2, 0.25) is 0 Å². The van der Waals surface area contributed by atoms with E-state index >= 15 is 0 Å². The van der Waals surface area contributed by atoms with Gasteiger partial charge in [-0.25, -0.2) is 4.79 Å². The van der Waals surface area contributed by atoms with Gasteiger partial charge >= 0.3 is 6.03 Å². The summed E-state index contributed by atoms with van der Waals surface area (Å²) >= 11 is 0. The first-order valence-corrected chi connectivity index (χ1v) is 8.08. The predicted octanol–water partition coefficient (Wildman–Crippen LogP) is 3.40. The summed E-state index contributed by atoms with van der Waals surface area (Å²) in [5.74, 6) is 0.275. The average Bonchev–Trinajstić information content (AvgIpc) is 3.31. The van der Waals surface area contributed by atoms with E-state index in [0.29, 0.717) is 18.6 Å².